The second-order valence-corrected chi connectivity index (χ2v) is 7.66. The Labute approximate surface area is 181 Å². The lowest BCUT2D eigenvalue weighted by Crippen LogP contribution is -2.35. The monoisotopic (exact) mass is 426 g/mol. The number of anilines is 1. The molecule has 31 heavy (non-hydrogen) atoms. The van der Waals surface area contributed by atoms with Gasteiger partial charge in [-0.1, -0.05) is 29.4 Å². The molecule has 0 radical (unpaired) electrons. The number of rotatable bonds is 8. The molecule has 2 aromatic carbocycles. The first-order valence-corrected chi connectivity index (χ1v) is 10.4. The van der Waals surface area contributed by atoms with Crippen LogP contribution in [0.15, 0.2) is 47.0 Å². The summed E-state index contributed by atoms with van der Waals surface area (Å²) in [6, 6.07) is 12.9. The summed E-state index contributed by atoms with van der Waals surface area (Å²) in [6.45, 7) is 3.29. The third-order valence-electron chi connectivity index (χ3n) is 5.67. The summed E-state index contributed by atoms with van der Waals surface area (Å²) in [5.41, 5.74) is 1.46. The van der Waals surface area contributed by atoms with Crippen molar-refractivity contribution in [2.45, 2.75) is 19.4 Å². The van der Waals surface area contributed by atoms with Crippen LogP contribution < -0.4 is 14.8 Å². The number of ether oxygens (including phenoxy) is 2. The highest BCUT2D eigenvalue weighted by Gasteiger charge is 2.21. The molecular weight excluding hydrogens is 399 g/mol. The van der Waals surface area contributed by atoms with E-state index in [2.05, 4.69) is 20.4 Å². The SMILES string of the molecule is COc1cccc(-c2noc(NCC3CCN(Cc4ccccc4F)CC3)n2)c1OC. The molecule has 0 bridgehead atoms. The van der Waals surface area contributed by atoms with Gasteiger partial charge < -0.3 is 19.3 Å². The topological polar surface area (TPSA) is 72.7 Å². The smallest absolute Gasteiger partial charge is 0.321 e. The molecule has 1 fully saturated rings. The molecular formula is C23H27FN4O3. The Morgan fingerprint density at radius 3 is 2.65 bits per heavy atom. The van der Waals surface area contributed by atoms with Crippen molar-refractivity contribution in [3.63, 3.8) is 0 Å². The molecule has 7 nitrogen and oxygen atoms in total. The standard InChI is InChI=1S/C23H27FN4O3/c1-29-20-9-5-7-18(21(20)30-2)22-26-23(31-27-22)25-14-16-10-12-28(13-11-16)15-17-6-3-4-8-19(17)24/h3-9,16H,10-15H2,1-2H3,(H,25,26,27). The number of benzene rings is 2. The van der Waals surface area contributed by atoms with Crippen molar-refractivity contribution in [2.24, 2.45) is 5.92 Å². The molecule has 164 valence electrons. The van der Waals surface area contributed by atoms with Gasteiger partial charge in [-0.3, -0.25) is 4.90 Å². The molecule has 2 heterocycles. The fraction of sp³-hybridized carbons (Fsp3) is 0.391. The van der Waals surface area contributed by atoms with Crippen LogP contribution in [0.25, 0.3) is 11.4 Å². The van der Waals surface area contributed by atoms with Gasteiger partial charge in [0.15, 0.2) is 11.5 Å². The van der Waals surface area contributed by atoms with Crippen LogP contribution >= 0.6 is 0 Å². The highest BCUT2D eigenvalue weighted by atomic mass is 19.1. The van der Waals surface area contributed by atoms with Gasteiger partial charge in [0.25, 0.3) is 0 Å². The summed E-state index contributed by atoms with van der Waals surface area (Å²) in [5, 5.41) is 7.33. The molecule has 1 N–H and O–H groups in total. The average molecular weight is 426 g/mol. The number of likely N-dealkylation sites (tertiary alicyclic amines) is 1. The number of hydrogen-bond donors (Lipinski definition) is 1. The van der Waals surface area contributed by atoms with E-state index in [1.165, 1.54) is 6.07 Å². The van der Waals surface area contributed by atoms with Gasteiger partial charge in [-0.05, 0) is 50.0 Å². The Hall–Kier alpha value is -3.13. The molecule has 0 amide bonds. The number of piperidine rings is 1. The lowest BCUT2D eigenvalue weighted by atomic mass is 9.96. The molecule has 1 aliphatic rings. The van der Waals surface area contributed by atoms with Crippen LogP contribution in [0, 0.1) is 11.7 Å². The number of hydrogen-bond acceptors (Lipinski definition) is 7. The van der Waals surface area contributed by atoms with Crippen LogP contribution in [-0.2, 0) is 6.54 Å². The molecule has 3 aromatic rings. The first-order valence-electron chi connectivity index (χ1n) is 10.4. The van der Waals surface area contributed by atoms with Crippen molar-refractivity contribution < 1.29 is 18.4 Å². The maximum Gasteiger partial charge on any atom is 0.321 e. The molecule has 0 unspecified atom stereocenters. The van der Waals surface area contributed by atoms with Crippen molar-refractivity contribution >= 4 is 6.01 Å². The zero-order chi connectivity index (χ0) is 21.6. The minimum atomic E-state index is -0.133. The summed E-state index contributed by atoms with van der Waals surface area (Å²) < 4.78 is 30.0. The molecule has 0 spiro atoms. The van der Waals surface area contributed by atoms with E-state index in [9.17, 15) is 4.39 Å². The second-order valence-electron chi connectivity index (χ2n) is 7.66. The molecule has 4 rings (SSSR count). The second kappa shape index (κ2) is 9.78. The maximum absolute atomic E-state index is 13.9. The quantitative estimate of drug-likeness (QED) is 0.578. The Morgan fingerprint density at radius 2 is 1.90 bits per heavy atom. The maximum atomic E-state index is 13.9. The molecule has 0 saturated carbocycles. The van der Waals surface area contributed by atoms with E-state index >= 15 is 0 Å². The minimum Gasteiger partial charge on any atom is -0.493 e. The van der Waals surface area contributed by atoms with Crippen LogP contribution in [0.3, 0.4) is 0 Å². The van der Waals surface area contributed by atoms with Crippen LogP contribution in [0.2, 0.25) is 0 Å². The van der Waals surface area contributed by atoms with Gasteiger partial charge in [0.1, 0.15) is 5.82 Å². The van der Waals surface area contributed by atoms with E-state index in [1.807, 2.05) is 30.3 Å². The number of aromatic nitrogens is 2. The normalized spacial score (nSPS) is 15.1. The number of nitrogens with zero attached hydrogens (tertiary/aromatic N) is 3. The van der Waals surface area contributed by atoms with Crippen molar-refractivity contribution in [1.29, 1.82) is 0 Å². The molecule has 1 aliphatic heterocycles. The molecule has 0 aliphatic carbocycles. The summed E-state index contributed by atoms with van der Waals surface area (Å²) in [5.74, 6) is 1.99. The van der Waals surface area contributed by atoms with Gasteiger partial charge in [-0.25, -0.2) is 4.39 Å². The predicted molar refractivity (Wildman–Crippen MR) is 116 cm³/mol. The highest BCUT2D eigenvalue weighted by molar-refractivity contribution is 5.68. The molecule has 0 atom stereocenters. The lowest BCUT2D eigenvalue weighted by Gasteiger charge is -2.31. The largest absolute Gasteiger partial charge is 0.493 e. The Balaban J connectivity index is 1.30. The average Bonchev–Trinajstić information content (AvgIpc) is 3.28. The number of halogens is 1. The number of methoxy groups -OCH3 is 2. The van der Waals surface area contributed by atoms with Gasteiger partial charge in [0, 0.05) is 18.7 Å². The van der Waals surface area contributed by atoms with E-state index < -0.39 is 0 Å². The van der Waals surface area contributed by atoms with E-state index in [4.69, 9.17) is 14.0 Å². The Bertz CT molecular complexity index is 1000. The summed E-state index contributed by atoms with van der Waals surface area (Å²) in [4.78, 5) is 6.75. The predicted octanol–water partition coefficient (Wildman–Crippen LogP) is 4.22. The van der Waals surface area contributed by atoms with Crippen LogP contribution in [0.4, 0.5) is 10.4 Å². The van der Waals surface area contributed by atoms with Gasteiger partial charge in [0.2, 0.25) is 5.82 Å². The summed E-state index contributed by atoms with van der Waals surface area (Å²) >= 11 is 0. The zero-order valence-electron chi connectivity index (χ0n) is 17.8. The number of para-hydroxylation sites is 1. The van der Waals surface area contributed by atoms with E-state index in [-0.39, 0.29) is 5.82 Å². The van der Waals surface area contributed by atoms with Gasteiger partial charge in [-0.15, -0.1) is 0 Å². The Kier molecular flexibility index (Phi) is 6.66. The first kappa shape index (κ1) is 21.1. The molecule has 1 aromatic heterocycles. The van der Waals surface area contributed by atoms with Crippen LogP contribution in [0.5, 0.6) is 11.5 Å². The van der Waals surface area contributed by atoms with Crippen molar-refractivity contribution in [2.75, 3.05) is 39.2 Å². The zero-order valence-corrected chi connectivity index (χ0v) is 17.8. The van der Waals surface area contributed by atoms with Crippen molar-refractivity contribution in [3.8, 4) is 22.9 Å². The Morgan fingerprint density at radius 1 is 1.10 bits per heavy atom. The van der Waals surface area contributed by atoms with Crippen molar-refractivity contribution in [1.82, 2.24) is 15.0 Å². The third-order valence-corrected chi connectivity index (χ3v) is 5.67. The van der Waals surface area contributed by atoms with Crippen LogP contribution in [0.1, 0.15) is 18.4 Å². The van der Waals surface area contributed by atoms with Gasteiger partial charge in [0.05, 0.1) is 19.8 Å². The lowest BCUT2D eigenvalue weighted by molar-refractivity contribution is 0.180. The van der Waals surface area contributed by atoms with E-state index in [1.54, 1.807) is 20.3 Å². The first-order chi connectivity index (χ1) is 15.2. The van der Waals surface area contributed by atoms with Gasteiger partial charge >= 0.3 is 6.01 Å². The fourth-order valence-corrected chi connectivity index (χ4v) is 3.92. The number of nitrogens with one attached hydrogen (secondary N) is 1. The van der Waals surface area contributed by atoms with Gasteiger partial charge in [-0.2, -0.15) is 4.98 Å². The summed E-state index contributed by atoms with van der Waals surface area (Å²) in [6.07, 6.45) is 2.07. The minimum absolute atomic E-state index is 0.133. The van der Waals surface area contributed by atoms with Crippen molar-refractivity contribution in [3.05, 3.63) is 53.8 Å². The van der Waals surface area contributed by atoms with E-state index in [0.717, 1.165) is 38.0 Å². The third kappa shape index (κ3) is 4.96. The molecule has 8 heteroatoms. The van der Waals surface area contributed by atoms with E-state index in [0.29, 0.717) is 41.4 Å². The highest BCUT2D eigenvalue weighted by Crippen LogP contribution is 2.36. The molecule has 1 saturated heterocycles. The van der Waals surface area contributed by atoms with Crippen LogP contribution in [-0.4, -0.2) is 48.9 Å². The summed E-state index contributed by atoms with van der Waals surface area (Å²) in [7, 11) is 3.17. The fourth-order valence-electron chi connectivity index (χ4n) is 3.92.